The van der Waals surface area contributed by atoms with Crippen LogP contribution in [0.5, 0.6) is 0 Å². The van der Waals surface area contributed by atoms with Crippen LogP contribution in [0.25, 0.3) is 0 Å². The number of carboxylic acids is 1. The number of hydrogen-bond donors (Lipinski definition) is 1. The van der Waals surface area contributed by atoms with E-state index in [1.54, 1.807) is 11.8 Å². The van der Waals surface area contributed by atoms with Gasteiger partial charge in [-0.3, -0.25) is 9.69 Å². The Bertz CT molecular complexity index is 769. The first-order valence-corrected chi connectivity index (χ1v) is 9.88. The molecule has 0 bridgehead atoms. The molecule has 0 radical (unpaired) electrons. The molecule has 2 atom stereocenters. The molecule has 2 aromatic carbocycles. The SMILES string of the molecule is C[C@@H]1CN(c2ccccc2Sc2ccc(Cl)cc2)[C@@H](C)CN1CC(=O)O. The highest BCUT2D eigenvalue weighted by atomic mass is 35.5. The predicted octanol–water partition coefficient (Wildman–Crippen LogP) is 4.47. The predicted molar refractivity (Wildman–Crippen MR) is 107 cm³/mol. The molecule has 0 unspecified atom stereocenters. The molecule has 26 heavy (non-hydrogen) atoms. The summed E-state index contributed by atoms with van der Waals surface area (Å²) in [7, 11) is 0. The molecular weight excluding hydrogens is 368 g/mol. The molecule has 0 amide bonds. The van der Waals surface area contributed by atoms with Gasteiger partial charge in [0, 0.05) is 40.0 Å². The van der Waals surface area contributed by atoms with Crippen molar-refractivity contribution in [1.29, 1.82) is 0 Å². The van der Waals surface area contributed by atoms with Crippen LogP contribution in [0.3, 0.4) is 0 Å². The monoisotopic (exact) mass is 390 g/mol. The number of halogens is 1. The van der Waals surface area contributed by atoms with Gasteiger partial charge in [0.05, 0.1) is 12.2 Å². The lowest BCUT2D eigenvalue weighted by Crippen LogP contribution is -2.57. The Morgan fingerprint density at radius 3 is 2.50 bits per heavy atom. The van der Waals surface area contributed by atoms with Crippen LogP contribution in [0.15, 0.2) is 58.3 Å². The summed E-state index contributed by atoms with van der Waals surface area (Å²) < 4.78 is 0. The lowest BCUT2D eigenvalue weighted by Gasteiger charge is -2.45. The Balaban J connectivity index is 1.81. The van der Waals surface area contributed by atoms with Crippen molar-refractivity contribution >= 4 is 35.0 Å². The molecule has 0 spiro atoms. The Morgan fingerprint density at radius 1 is 1.12 bits per heavy atom. The molecule has 0 aliphatic carbocycles. The second-order valence-corrected chi connectivity index (χ2v) is 8.25. The standard InChI is InChI=1S/C20H23ClN2O2S/c1-14-12-23(15(2)11-22(14)13-20(24)25)18-5-3-4-6-19(18)26-17-9-7-16(21)8-10-17/h3-10,14-15H,11-13H2,1-2H3,(H,24,25)/t14-,15+/m1/s1. The van der Waals surface area contributed by atoms with Crippen molar-refractivity contribution in [3.8, 4) is 0 Å². The lowest BCUT2D eigenvalue weighted by molar-refractivity contribution is -0.139. The zero-order chi connectivity index (χ0) is 18.7. The normalized spacial score (nSPS) is 21.0. The van der Waals surface area contributed by atoms with Gasteiger partial charge in [0.1, 0.15) is 0 Å². The molecule has 6 heteroatoms. The average molecular weight is 391 g/mol. The van der Waals surface area contributed by atoms with Gasteiger partial charge in [-0.25, -0.2) is 0 Å². The first-order valence-electron chi connectivity index (χ1n) is 8.69. The topological polar surface area (TPSA) is 43.8 Å². The lowest BCUT2D eigenvalue weighted by atomic mass is 10.1. The molecule has 1 N–H and O–H groups in total. The Morgan fingerprint density at radius 2 is 1.81 bits per heavy atom. The minimum atomic E-state index is -0.767. The van der Waals surface area contributed by atoms with Gasteiger partial charge in [-0.1, -0.05) is 35.5 Å². The number of piperazine rings is 1. The minimum Gasteiger partial charge on any atom is -0.480 e. The maximum Gasteiger partial charge on any atom is 0.317 e. The number of rotatable bonds is 5. The third-order valence-corrected chi connectivity index (χ3v) is 5.99. The van der Waals surface area contributed by atoms with Crippen LogP contribution in [0.1, 0.15) is 13.8 Å². The van der Waals surface area contributed by atoms with Crippen molar-refractivity contribution in [3.63, 3.8) is 0 Å². The Hall–Kier alpha value is -1.69. The molecule has 1 saturated heterocycles. The largest absolute Gasteiger partial charge is 0.480 e. The van der Waals surface area contributed by atoms with E-state index in [0.717, 1.165) is 23.0 Å². The summed E-state index contributed by atoms with van der Waals surface area (Å²) in [4.78, 5) is 17.9. The van der Waals surface area contributed by atoms with Gasteiger partial charge >= 0.3 is 5.97 Å². The molecular formula is C20H23ClN2O2S. The van der Waals surface area contributed by atoms with Crippen LogP contribution < -0.4 is 4.90 Å². The number of nitrogens with zero attached hydrogens (tertiary/aromatic N) is 2. The van der Waals surface area contributed by atoms with Gasteiger partial charge in [0.25, 0.3) is 0 Å². The van der Waals surface area contributed by atoms with E-state index in [9.17, 15) is 4.79 Å². The molecule has 1 aliphatic heterocycles. The second-order valence-electron chi connectivity index (χ2n) is 6.70. The van der Waals surface area contributed by atoms with E-state index in [4.69, 9.17) is 16.7 Å². The van der Waals surface area contributed by atoms with Gasteiger partial charge < -0.3 is 10.0 Å². The Kier molecular flexibility index (Phi) is 6.12. The molecule has 3 rings (SSSR count). The van der Waals surface area contributed by atoms with E-state index in [0.29, 0.717) is 0 Å². The summed E-state index contributed by atoms with van der Waals surface area (Å²) in [5.41, 5.74) is 1.20. The van der Waals surface area contributed by atoms with Crippen molar-refractivity contribution in [3.05, 3.63) is 53.6 Å². The summed E-state index contributed by atoms with van der Waals surface area (Å²) in [5, 5.41) is 9.85. The van der Waals surface area contributed by atoms with E-state index >= 15 is 0 Å². The fraction of sp³-hybridized carbons (Fsp3) is 0.350. The van der Waals surface area contributed by atoms with Gasteiger partial charge in [0.2, 0.25) is 0 Å². The number of aliphatic carboxylic acids is 1. The van der Waals surface area contributed by atoms with Crippen LogP contribution in [-0.2, 0) is 4.79 Å². The first kappa shape index (κ1) is 19.1. The molecule has 0 saturated carbocycles. The zero-order valence-corrected chi connectivity index (χ0v) is 16.5. The van der Waals surface area contributed by atoms with Gasteiger partial charge in [-0.05, 0) is 50.2 Å². The minimum absolute atomic E-state index is 0.0977. The fourth-order valence-electron chi connectivity index (χ4n) is 3.34. The highest BCUT2D eigenvalue weighted by Crippen LogP contribution is 2.37. The van der Waals surface area contributed by atoms with E-state index < -0.39 is 5.97 Å². The molecule has 4 nitrogen and oxygen atoms in total. The number of carboxylic acid groups (broad SMARTS) is 1. The third kappa shape index (κ3) is 4.53. The quantitative estimate of drug-likeness (QED) is 0.815. The van der Waals surface area contributed by atoms with Gasteiger partial charge in [-0.2, -0.15) is 0 Å². The number of hydrogen-bond acceptors (Lipinski definition) is 4. The summed E-state index contributed by atoms with van der Waals surface area (Å²) in [6.07, 6.45) is 0. The van der Waals surface area contributed by atoms with Crippen LogP contribution in [0, 0.1) is 0 Å². The maximum atomic E-state index is 11.1. The van der Waals surface area contributed by atoms with Crippen LogP contribution >= 0.6 is 23.4 Å². The molecule has 138 valence electrons. The number of para-hydroxylation sites is 1. The molecule has 0 aromatic heterocycles. The van der Waals surface area contributed by atoms with Crippen LogP contribution in [0.2, 0.25) is 5.02 Å². The van der Waals surface area contributed by atoms with Crippen LogP contribution in [0.4, 0.5) is 5.69 Å². The van der Waals surface area contributed by atoms with Crippen molar-refractivity contribution < 1.29 is 9.90 Å². The van der Waals surface area contributed by atoms with Crippen molar-refractivity contribution in [2.75, 3.05) is 24.5 Å². The van der Waals surface area contributed by atoms with Gasteiger partial charge in [-0.15, -0.1) is 0 Å². The molecule has 1 fully saturated rings. The smallest absolute Gasteiger partial charge is 0.317 e. The summed E-state index contributed by atoms with van der Waals surface area (Å²) in [6.45, 7) is 5.90. The summed E-state index contributed by atoms with van der Waals surface area (Å²) in [6, 6.07) is 16.7. The average Bonchev–Trinajstić information content (AvgIpc) is 2.60. The zero-order valence-electron chi connectivity index (χ0n) is 14.9. The summed E-state index contributed by atoms with van der Waals surface area (Å²) in [5.74, 6) is -0.767. The summed E-state index contributed by atoms with van der Waals surface area (Å²) >= 11 is 7.71. The molecule has 1 aliphatic rings. The van der Waals surface area contributed by atoms with Crippen LogP contribution in [-0.4, -0.2) is 47.7 Å². The van der Waals surface area contributed by atoms with Gasteiger partial charge in [0.15, 0.2) is 0 Å². The second kappa shape index (κ2) is 8.33. The Labute approximate surface area is 163 Å². The van der Waals surface area contributed by atoms with E-state index in [-0.39, 0.29) is 18.6 Å². The molecule has 2 aromatic rings. The van der Waals surface area contributed by atoms with Crippen molar-refractivity contribution in [1.82, 2.24) is 4.90 Å². The van der Waals surface area contributed by atoms with E-state index in [2.05, 4.69) is 43.0 Å². The first-order chi connectivity index (χ1) is 12.4. The maximum absolute atomic E-state index is 11.1. The highest BCUT2D eigenvalue weighted by molar-refractivity contribution is 7.99. The number of anilines is 1. The molecule has 1 heterocycles. The van der Waals surface area contributed by atoms with Crippen molar-refractivity contribution in [2.24, 2.45) is 0 Å². The van der Waals surface area contributed by atoms with E-state index in [1.165, 1.54) is 10.6 Å². The highest BCUT2D eigenvalue weighted by Gasteiger charge is 2.31. The van der Waals surface area contributed by atoms with Crippen molar-refractivity contribution in [2.45, 2.75) is 35.7 Å². The third-order valence-electron chi connectivity index (χ3n) is 4.67. The number of benzene rings is 2. The van der Waals surface area contributed by atoms with E-state index in [1.807, 2.05) is 29.2 Å². The number of carbonyl (C=O) groups is 1. The fourth-order valence-corrected chi connectivity index (χ4v) is 4.43.